The molecule has 1 aromatic carbocycles. The number of nitrogens with one attached hydrogen (secondary N) is 1. The third kappa shape index (κ3) is 3.17. The van der Waals surface area contributed by atoms with Crippen molar-refractivity contribution in [2.75, 3.05) is 50.6 Å². The molecular formula is C17H22N4O2S. The molecule has 1 fully saturated rings. The summed E-state index contributed by atoms with van der Waals surface area (Å²) in [5.74, 6) is 0.924. The van der Waals surface area contributed by atoms with E-state index in [0.29, 0.717) is 18.7 Å². The minimum absolute atomic E-state index is 0.0694. The van der Waals surface area contributed by atoms with E-state index in [1.165, 1.54) is 11.5 Å². The van der Waals surface area contributed by atoms with Crippen LogP contribution in [-0.2, 0) is 0 Å². The number of carbonyl (C=O) groups is 1. The van der Waals surface area contributed by atoms with Crippen molar-refractivity contribution in [1.82, 2.24) is 9.27 Å². The molecule has 1 saturated heterocycles. The third-order valence-corrected chi connectivity index (χ3v) is 5.26. The molecule has 1 aromatic heterocycles. The highest BCUT2D eigenvalue weighted by molar-refractivity contribution is 7.10. The van der Waals surface area contributed by atoms with E-state index in [1.54, 1.807) is 7.11 Å². The number of benzene rings is 1. The molecule has 0 bridgehead atoms. The van der Waals surface area contributed by atoms with E-state index >= 15 is 0 Å². The van der Waals surface area contributed by atoms with Gasteiger partial charge in [0, 0.05) is 38.9 Å². The van der Waals surface area contributed by atoms with Gasteiger partial charge in [0.05, 0.1) is 18.4 Å². The highest BCUT2D eigenvalue weighted by Gasteiger charge is 2.26. The van der Waals surface area contributed by atoms with Crippen LogP contribution in [-0.4, -0.2) is 55.5 Å². The van der Waals surface area contributed by atoms with E-state index in [1.807, 2.05) is 31.0 Å². The molecule has 0 unspecified atom stereocenters. The summed E-state index contributed by atoms with van der Waals surface area (Å²) in [4.78, 5) is 17.0. The van der Waals surface area contributed by atoms with Crippen LogP contribution in [0.15, 0.2) is 24.3 Å². The van der Waals surface area contributed by atoms with Crippen LogP contribution in [0.1, 0.15) is 16.1 Å². The Bertz CT molecular complexity index is 706. The number of nitrogens with zero attached hydrogens (tertiary/aromatic N) is 3. The van der Waals surface area contributed by atoms with E-state index < -0.39 is 0 Å². The van der Waals surface area contributed by atoms with Gasteiger partial charge >= 0.3 is 0 Å². The molecule has 2 heterocycles. The Morgan fingerprint density at radius 1 is 1.21 bits per heavy atom. The molecule has 0 spiro atoms. The molecule has 0 aliphatic carbocycles. The summed E-state index contributed by atoms with van der Waals surface area (Å²) < 4.78 is 9.49. The standard InChI is InChI=1S/C17H22N4O2S/c1-12-15(16(18-2)24-19-12)17(22)21-10-8-20(9-11-21)13-4-6-14(23-3)7-5-13/h4-7,18H,8-11H2,1-3H3. The van der Waals surface area contributed by atoms with Crippen molar-refractivity contribution in [2.24, 2.45) is 0 Å². The minimum atomic E-state index is 0.0694. The van der Waals surface area contributed by atoms with E-state index in [0.717, 1.165) is 35.2 Å². The fraction of sp³-hybridized carbons (Fsp3) is 0.412. The normalized spacial score (nSPS) is 14.6. The number of hydrogen-bond acceptors (Lipinski definition) is 6. The van der Waals surface area contributed by atoms with Gasteiger partial charge in [0.15, 0.2) is 0 Å². The number of anilines is 2. The maximum absolute atomic E-state index is 12.8. The number of rotatable bonds is 4. The number of amides is 1. The molecule has 0 radical (unpaired) electrons. The van der Waals surface area contributed by atoms with Crippen LogP contribution in [0.25, 0.3) is 0 Å². The summed E-state index contributed by atoms with van der Waals surface area (Å²) in [5, 5.41) is 3.91. The maximum Gasteiger partial charge on any atom is 0.258 e. The first-order chi connectivity index (χ1) is 11.6. The molecular weight excluding hydrogens is 324 g/mol. The average molecular weight is 346 g/mol. The van der Waals surface area contributed by atoms with Gasteiger partial charge in [0.25, 0.3) is 5.91 Å². The van der Waals surface area contributed by atoms with Crippen molar-refractivity contribution in [3.05, 3.63) is 35.5 Å². The van der Waals surface area contributed by atoms with Crippen LogP contribution in [0.3, 0.4) is 0 Å². The van der Waals surface area contributed by atoms with Crippen molar-refractivity contribution < 1.29 is 9.53 Å². The zero-order valence-electron chi connectivity index (χ0n) is 14.2. The lowest BCUT2D eigenvalue weighted by molar-refractivity contribution is 0.0747. The van der Waals surface area contributed by atoms with Crippen LogP contribution in [0, 0.1) is 6.92 Å². The first-order valence-electron chi connectivity index (χ1n) is 7.96. The van der Waals surface area contributed by atoms with Gasteiger partial charge in [-0.1, -0.05) is 0 Å². The number of carbonyl (C=O) groups excluding carboxylic acids is 1. The number of ether oxygens (including phenoxy) is 1. The van der Waals surface area contributed by atoms with Crippen LogP contribution in [0.4, 0.5) is 10.7 Å². The Morgan fingerprint density at radius 2 is 1.88 bits per heavy atom. The largest absolute Gasteiger partial charge is 0.497 e. The minimum Gasteiger partial charge on any atom is -0.497 e. The van der Waals surface area contributed by atoms with E-state index in [-0.39, 0.29) is 5.91 Å². The second-order valence-corrected chi connectivity index (χ2v) is 6.47. The summed E-state index contributed by atoms with van der Waals surface area (Å²) >= 11 is 1.34. The summed E-state index contributed by atoms with van der Waals surface area (Å²) in [7, 11) is 3.49. The van der Waals surface area contributed by atoms with Gasteiger partial charge in [-0.05, 0) is 42.7 Å². The predicted molar refractivity (Wildman–Crippen MR) is 97.5 cm³/mol. The Hall–Kier alpha value is -2.28. The third-order valence-electron chi connectivity index (χ3n) is 4.31. The fourth-order valence-corrected chi connectivity index (χ4v) is 3.65. The zero-order valence-corrected chi connectivity index (χ0v) is 15.0. The van der Waals surface area contributed by atoms with E-state index in [9.17, 15) is 4.79 Å². The molecule has 3 rings (SSSR count). The number of hydrogen-bond donors (Lipinski definition) is 1. The van der Waals surface area contributed by atoms with Gasteiger partial charge in [0.1, 0.15) is 10.8 Å². The van der Waals surface area contributed by atoms with Gasteiger partial charge in [-0.3, -0.25) is 4.79 Å². The van der Waals surface area contributed by atoms with Crippen molar-refractivity contribution in [2.45, 2.75) is 6.92 Å². The smallest absolute Gasteiger partial charge is 0.258 e. The van der Waals surface area contributed by atoms with Crippen LogP contribution >= 0.6 is 11.5 Å². The summed E-state index contributed by atoms with van der Waals surface area (Å²) in [5.41, 5.74) is 2.67. The van der Waals surface area contributed by atoms with E-state index in [4.69, 9.17) is 4.74 Å². The molecule has 6 nitrogen and oxygen atoms in total. The molecule has 0 atom stereocenters. The highest BCUT2D eigenvalue weighted by Crippen LogP contribution is 2.26. The topological polar surface area (TPSA) is 57.7 Å². The Balaban J connectivity index is 1.66. The lowest BCUT2D eigenvalue weighted by Gasteiger charge is -2.36. The number of methoxy groups -OCH3 is 1. The summed E-state index contributed by atoms with van der Waals surface area (Å²) in [6, 6.07) is 8.05. The first-order valence-corrected chi connectivity index (χ1v) is 8.73. The van der Waals surface area contributed by atoms with E-state index in [2.05, 4.69) is 26.7 Å². The quantitative estimate of drug-likeness (QED) is 0.922. The molecule has 1 aliphatic heterocycles. The first kappa shape index (κ1) is 16.6. The molecule has 1 amide bonds. The molecule has 24 heavy (non-hydrogen) atoms. The highest BCUT2D eigenvalue weighted by atomic mass is 32.1. The van der Waals surface area contributed by atoms with Gasteiger partial charge < -0.3 is 19.9 Å². The molecule has 7 heteroatoms. The Labute approximate surface area is 146 Å². The van der Waals surface area contributed by atoms with Gasteiger partial charge in [-0.25, -0.2) is 0 Å². The predicted octanol–water partition coefficient (Wildman–Crippen LogP) is 2.46. The van der Waals surface area contributed by atoms with Crippen molar-refractivity contribution in [3.8, 4) is 5.75 Å². The average Bonchev–Trinajstić information content (AvgIpc) is 3.02. The van der Waals surface area contributed by atoms with Crippen molar-refractivity contribution in [1.29, 1.82) is 0 Å². The van der Waals surface area contributed by atoms with Crippen LogP contribution in [0.5, 0.6) is 5.75 Å². The Kier molecular flexibility index (Phi) is 4.89. The van der Waals surface area contributed by atoms with Gasteiger partial charge in [-0.2, -0.15) is 4.37 Å². The maximum atomic E-state index is 12.8. The van der Waals surface area contributed by atoms with Gasteiger partial charge in [0.2, 0.25) is 0 Å². The molecule has 1 N–H and O–H groups in total. The van der Waals surface area contributed by atoms with Crippen LogP contribution < -0.4 is 15.0 Å². The summed E-state index contributed by atoms with van der Waals surface area (Å²) in [6.07, 6.45) is 0. The van der Waals surface area contributed by atoms with Crippen molar-refractivity contribution in [3.63, 3.8) is 0 Å². The summed E-state index contributed by atoms with van der Waals surface area (Å²) in [6.45, 7) is 4.96. The van der Waals surface area contributed by atoms with Crippen molar-refractivity contribution >= 4 is 28.1 Å². The second kappa shape index (κ2) is 7.09. The number of aryl methyl sites for hydroxylation is 1. The molecule has 128 valence electrons. The fourth-order valence-electron chi connectivity index (χ4n) is 2.91. The van der Waals surface area contributed by atoms with Crippen LogP contribution in [0.2, 0.25) is 0 Å². The second-order valence-electron chi connectivity index (χ2n) is 5.70. The zero-order chi connectivity index (χ0) is 17.1. The van der Waals surface area contributed by atoms with Gasteiger partial charge in [-0.15, -0.1) is 0 Å². The molecule has 0 saturated carbocycles. The Morgan fingerprint density at radius 3 is 2.46 bits per heavy atom. The lowest BCUT2D eigenvalue weighted by atomic mass is 10.2. The lowest BCUT2D eigenvalue weighted by Crippen LogP contribution is -2.49. The molecule has 2 aromatic rings. The monoisotopic (exact) mass is 346 g/mol. The SMILES string of the molecule is CNc1snc(C)c1C(=O)N1CCN(c2ccc(OC)cc2)CC1. The molecule has 1 aliphatic rings. The number of aromatic nitrogens is 1. The number of piperazine rings is 1.